The molecule has 30 heavy (non-hydrogen) atoms. The number of phenols is 1. The van der Waals surface area contributed by atoms with Gasteiger partial charge in [0.05, 0.1) is 16.1 Å². The van der Waals surface area contributed by atoms with Crippen molar-refractivity contribution in [3.05, 3.63) is 103 Å². The predicted octanol–water partition coefficient (Wildman–Crippen LogP) is 6.59. The molecular formula is C24H18N2O4. The lowest BCUT2D eigenvalue weighted by molar-refractivity contribution is 0.208. The summed E-state index contributed by atoms with van der Waals surface area (Å²) in [6.07, 6.45) is 0. The van der Waals surface area contributed by atoms with Gasteiger partial charge in [-0.2, -0.15) is 0 Å². The molecule has 6 nitrogen and oxygen atoms in total. The van der Waals surface area contributed by atoms with Gasteiger partial charge in [0.15, 0.2) is 11.5 Å². The second-order valence-electron chi connectivity index (χ2n) is 6.25. The highest BCUT2D eigenvalue weighted by molar-refractivity contribution is 5.77. The van der Waals surface area contributed by atoms with Gasteiger partial charge in [0.1, 0.15) is 17.2 Å². The maximum Gasteiger partial charge on any atom is 0.171 e. The minimum atomic E-state index is 0.0701. The summed E-state index contributed by atoms with van der Waals surface area (Å²) in [5.41, 5.74) is 1.64. The van der Waals surface area contributed by atoms with Gasteiger partial charge in [-0.3, -0.25) is 0 Å². The molecule has 0 bridgehead atoms. The number of aromatic hydroxyl groups is 1. The van der Waals surface area contributed by atoms with Crippen molar-refractivity contribution in [2.75, 3.05) is 0 Å². The lowest BCUT2D eigenvalue weighted by atomic mass is 10.0. The highest BCUT2D eigenvalue weighted by Gasteiger charge is 2.14. The number of hydrogen-bond acceptors (Lipinski definition) is 6. The van der Waals surface area contributed by atoms with Gasteiger partial charge in [-0.05, 0) is 42.0 Å². The van der Waals surface area contributed by atoms with E-state index in [1.807, 2.05) is 72.8 Å². The first kappa shape index (κ1) is 19.0. The summed E-state index contributed by atoms with van der Waals surface area (Å²) in [4.78, 5) is 10.6. The Morgan fingerprint density at radius 2 is 1.20 bits per heavy atom. The van der Waals surface area contributed by atoms with E-state index < -0.39 is 0 Å². The van der Waals surface area contributed by atoms with Gasteiger partial charge in [0.2, 0.25) is 0 Å². The van der Waals surface area contributed by atoms with E-state index in [0.717, 1.165) is 11.1 Å². The Balaban J connectivity index is 1.60. The summed E-state index contributed by atoms with van der Waals surface area (Å²) in [5.74, 6) is 2.19. The molecule has 148 valence electrons. The Morgan fingerprint density at radius 3 is 1.97 bits per heavy atom. The van der Waals surface area contributed by atoms with E-state index in [1.165, 1.54) is 12.1 Å². The van der Waals surface area contributed by atoms with Crippen LogP contribution in [0.25, 0.3) is 11.1 Å². The topological polar surface area (TPSA) is 72.6 Å². The smallest absolute Gasteiger partial charge is 0.171 e. The third kappa shape index (κ3) is 4.74. The quantitative estimate of drug-likeness (QED) is 0.281. The van der Waals surface area contributed by atoms with Gasteiger partial charge in [0.25, 0.3) is 0 Å². The maximum absolute atomic E-state index is 9.46. The van der Waals surface area contributed by atoms with E-state index in [4.69, 9.17) is 14.4 Å². The third-order valence-corrected chi connectivity index (χ3v) is 4.16. The van der Waals surface area contributed by atoms with Crippen molar-refractivity contribution in [2.45, 2.75) is 0 Å². The van der Waals surface area contributed by atoms with Crippen LogP contribution in [0.4, 0.5) is 0 Å². The molecule has 0 amide bonds. The summed E-state index contributed by atoms with van der Waals surface area (Å²) in [7, 11) is 0. The molecule has 0 fully saturated rings. The molecule has 0 aliphatic heterocycles. The zero-order valence-electron chi connectivity index (χ0n) is 15.9. The van der Waals surface area contributed by atoms with Crippen molar-refractivity contribution >= 4 is 0 Å². The van der Waals surface area contributed by atoms with Crippen LogP contribution in [0, 0.1) is 0 Å². The van der Waals surface area contributed by atoms with Crippen molar-refractivity contribution in [1.82, 2.24) is 0 Å². The van der Waals surface area contributed by atoms with E-state index in [9.17, 15) is 5.11 Å². The Hall–Kier alpha value is -4.32. The summed E-state index contributed by atoms with van der Waals surface area (Å²) in [6.45, 7) is 0. The lowest BCUT2D eigenvalue weighted by Gasteiger charge is -2.14. The molecule has 6 heteroatoms. The van der Waals surface area contributed by atoms with E-state index in [1.54, 1.807) is 18.2 Å². The monoisotopic (exact) mass is 398 g/mol. The molecular weight excluding hydrogens is 380 g/mol. The minimum absolute atomic E-state index is 0.0701. The van der Waals surface area contributed by atoms with Crippen LogP contribution in [-0.4, -0.2) is 5.11 Å². The van der Waals surface area contributed by atoms with Crippen LogP contribution in [0.1, 0.15) is 0 Å². The number of para-hydroxylation sites is 1. The maximum atomic E-state index is 9.46. The Morgan fingerprint density at radius 1 is 0.567 bits per heavy atom. The summed E-state index contributed by atoms with van der Waals surface area (Å²) < 4.78 is 6.08. The molecule has 0 aliphatic carbocycles. The van der Waals surface area contributed by atoms with E-state index >= 15 is 0 Å². The first-order valence-corrected chi connectivity index (χ1v) is 9.24. The van der Waals surface area contributed by atoms with Crippen LogP contribution in [0.3, 0.4) is 0 Å². The standard InChI is InChI=1S/C24H18N2O4/c27-19-11-7-14-21(17-19)29-25-26-30-23-16-8-15-22(28-20-12-5-2-6-13-20)24(23)18-9-3-1-4-10-18/h1-17,27H. The number of hydrogen-bond donors (Lipinski definition) is 1. The zero-order chi connectivity index (χ0) is 20.6. The van der Waals surface area contributed by atoms with Gasteiger partial charge in [-0.15, -0.1) is 0 Å². The first-order chi connectivity index (χ1) is 14.8. The van der Waals surface area contributed by atoms with Crippen LogP contribution in [0.15, 0.2) is 114 Å². The fraction of sp³-hybridized carbons (Fsp3) is 0. The van der Waals surface area contributed by atoms with Gasteiger partial charge in [-0.1, -0.05) is 60.7 Å². The summed E-state index contributed by atoms with van der Waals surface area (Å²) in [6, 6.07) is 30.9. The molecule has 0 spiro atoms. The Kier molecular flexibility index (Phi) is 5.86. The molecule has 4 rings (SSSR count). The molecule has 4 aromatic rings. The second kappa shape index (κ2) is 9.25. The number of benzene rings is 4. The van der Waals surface area contributed by atoms with Crippen LogP contribution < -0.4 is 14.4 Å². The van der Waals surface area contributed by atoms with Gasteiger partial charge < -0.3 is 19.5 Å². The van der Waals surface area contributed by atoms with Gasteiger partial charge in [0, 0.05) is 6.07 Å². The molecule has 1 N–H and O–H groups in total. The highest BCUT2D eigenvalue weighted by atomic mass is 16.7. The average Bonchev–Trinajstić information content (AvgIpc) is 2.78. The third-order valence-electron chi connectivity index (χ3n) is 4.16. The largest absolute Gasteiger partial charge is 0.508 e. The molecule has 0 saturated carbocycles. The highest BCUT2D eigenvalue weighted by Crippen LogP contribution is 2.40. The van der Waals surface area contributed by atoms with Crippen LogP contribution >= 0.6 is 0 Å². The molecule has 0 aliphatic rings. The minimum Gasteiger partial charge on any atom is -0.508 e. The van der Waals surface area contributed by atoms with Crippen molar-refractivity contribution in [1.29, 1.82) is 0 Å². The van der Waals surface area contributed by atoms with Crippen molar-refractivity contribution in [2.24, 2.45) is 10.6 Å². The lowest BCUT2D eigenvalue weighted by Crippen LogP contribution is -1.93. The van der Waals surface area contributed by atoms with Gasteiger partial charge >= 0.3 is 0 Å². The summed E-state index contributed by atoms with van der Waals surface area (Å²) >= 11 is 0. The van der Waals surface area contributed by atoms with Crippen LogP contribution in [-0.2, 0) is 0 Å². The fourth-order valence-electron chi connectivity index (χ4n) is 2.84. The van der Waals surface area contributed by atoms with Crippen molar-refractivity contribution < 1.29 is 19.5 Å². The summed E-state index contributed by atoms with van der Waals surface area (Å²) in [5, 5.41) is 16.7. The molecule has 0 atom stereocenters. The number of rotatable bonds is 7. The van der Waals surface area contributed by atoms with Crippen molar-refractivity contribution in [3.8, 4) is 39.9 Å². The van der Waals surface area contributed by atoms with Gasteiger partial charge in [-0.25, -0.2) is 0 Å². The zero-order valence-corrected chi connectivity index (χ0v) is 15.9. The Labute approximate surface area is 173 Å². The normalized spacial score (nSPS) is 10.7. The fourth-order valence-corrected chi connectivity index (χ4v) is 2.84. The second-order valence-corrected chi connectivity index (χ2v) is 6.25. The van der Waals surface area contributed by atoms with Crippen LogP contribution in [0.2, 0.25) is 0 Å². The van der Waals surface area contributed by atoms with Crippen LogP contribution in [0.5, 0.6) is 28.7 Å². The molecule has 0 heterocycles. The number of nitrogens with zero attached hydrogens (tertiary/aromatic N) is 2. The SMILES string of the molecule is Oc1cccc(ON=NOc2cccc(Oc3ccccc3)c2-c2ccccc2)c1. The van der Waals surface area contributed by atoms with E-state index in [2.05, 4.69) is 10.6 Å². The molecule has 0 saturated heterocycles. The molecule has 0 aromatic heterocycles. The average molecular weight is 398 g/mol. The molecule has 0 unspecified atom stereocenters. The van der Waals surface area contributed by atoms with E-state index in [-0.39, 0.29) is 5.75 Å². The number of ether oxygens (including phenoxy) is 1. The van der Waals surface area contributed by atoms with E-state index in [0.29, 0.717) is 23.0 Å². The Bertz CT molecular complexity index is 1130. The predicted molar refractivity (Wildman–Crippen MR) is 113 cm³/mol. The molecule has 0 radical (unpaired) electrons. The first-order valence-electron chi connectivity index (χ1n) is 9.24. The number of phenolic OH excluding ortho intramolecular Hbond substituents is 1. The molecule has 4 aromatic carbocycles. The van der Waals surface area contributed by atoms with Crippen molar-refractivity contribution in [3.63, 3.8) is 0 Å².